The van der Waals surface area contributed by atoms with Crippen molar-refractivity contribution in [2.75, 3.05) is 17.7 Å². The second-order valence-corrected chi connectivity index (χ2v) is 5.48. The van der Waals surface area contributed by atoms with Gasteiger partial charge in [-0.05, 0) is 37.3 Å². The predicted octanol–water partition coefficient (Wildman–Crippen LogP) is 3.93. The number of halogens is 1. The molecule has 0 radical (unpaired) electrons. The Bertz CT molecular complexity index is 946. The molecule has 0 aliphatic carbocycles. The van der Waals surface area contributed by atoms with Gasteiger partial charge in [-0.25, -0.2) is 14.4 Å². The van der Waals surface area contributed by atoms with Gasteiger partial charge in [0.05, 0.1) is 18.5 Å². The predicted molar refractivity (Wildman–Crippen MR) is 97.4 cm³/mol. The Morgan fingerprint density at radius 2 is 1.73 bits per heavy atom. The summed E-state index contributed by atoms with van der Waals surface area (Å²) >= 11 is 0. The van der Waals surface area contributed by atoms with Crippen LogP contribution in [0.1, 0.15) is 16.2 Å². The Morgan fingerprint density at radius 3 is 2.46 bits per heavy atom. The van der Waals surface area contributed by atoms with E-state index in [1.165, 1.54) is 13.2 Å². The van der Waals surface area contributed by atoms with Crippen LogP contribution >= 0.6 is 0 Å². The maximum absolute atomic E-state index is 13.8. The van der Waals surface area contributed by atoms with Crippen LogP contribution in [0.5, 0.6) is 5.75 Å². The van der Waals surface area contributed by atoms with Crippen molar-refractivity contribution in [2.24, 2.45) is 0 Å². The molecule has 3 aromatic rings. The normalized spacial score (nSPS) is 10.3. The molecule has 132 valence electrons. The second-order valence-electron chi connectivity index (χ2n) is 5.48. The molecular formula is C19H17FN4O2. The number of para-hydroxylation sites is 3. The molecule has 2 aromatic carbocycles. The molecule has 0 bridgehead atoms. The van der Waals surface area contributed by atoms with Crippen LogP contribution in [0.3, 0.4) is 0 Å². The fourth-order valence-corrected chi connectivity index (χ4v) is 2.36. The third kappa shape index (κ3) is 3.94. The van der Waals surface area contributed by atoms with E-state index in [4.69, 9.17) is 4.74 Å². The fraction of sp³-hybridized carbons (Fsp3) is 0.105. The molecule has 0 spiro atoms. The monoisotopic (exact) mass is 352 g/mol. The molecule has 0 unspecified atom stereocenters. The smallest absolute Gasteiger partial charge is 0.274 e. The molecule has 0 saturated carbocycles. The minimum atomic E-state index is -0.433. The number of anilines is 3. The number of aryl methyl sites for hydroxylation is 1. The van der Waals surface area contributed by atoms with Crippen molar-refractivity contribution in [1.82, 2.24) is 9.97 Å². The van der Waals surface area contributed by atoms with Crippen molar-refractivity contribution in [3.63, 3.8) is 0 Å². The minimum Gasteiger partial charge on any atom is -0.495 e. The van der Waals surface area contributed by atoms with Crippen molar-refractivity contribution in [3.05, 3.63) is 71.8 Å². The lowest BCUT2D eigenvalue weighted by atomic mass is 10.2. The van der Waals surface area contributed by atoms with E-state index in [0.29, 0.717) is 17.1 Å². The Kier molecular flexibility index (Phi) is 5.07. The lowest BCUT2D eigenvalue weighted by Gasteiger charge is -2.11. The number of nitrogens with one attached hydrogen (secondary N) is 2. The Morgan fingerprint density at radius 1 is 1.04 bits per heavy atom. The van der Waals surface area contributed by atoms with Crippen LogP contribution in [0, 0.1) is 12.7 Å². The van der Waals surface area contributed by atoms with E-state index in [-0.39, 0.29) is 17.3 Å². The zero-order valence-electron chi connectivity index (χ0n) is 14.3. The van der Waals surface area contributed by atoms with Crippen LogP contribution in [0.2, 0.25) is 0 Å². The Balaban J connectivity index is 1.85. The van der Waals surface area contributed by atoms with Crippen LogP contribution in [0.15, 0.2) is 54.6 Å². The van der Waals surface area contributed by atoms with Crippen molar-refractivity contribution >= 4 is 23.2 Å². The summed E-state index contributed by atoms with van der Waals surface area (Å²) in [5.41, 5.74) is 1.49. The maximum Gasteiger partial charge on any atom is 0.274 e. The molecule has 1 aromatic heterocycles. The van der Waals surface area contributed by atoms with E-state index < -0.39 is 11.7 Å². The summed E-state index contributed by atoms with van der Waals surface area (Å²) in [5, 5.41) is 5.54. The Labute approximate surface area is 150 Å². The number of amides is 1. The van der Waals surface area contributed by atoms with Gasteiger partial charge in [-0.3, -0.25) is 4.79 Å². The van der Waals surface area contributed by atoms with E-state index >= 15 is 0 Å². The first kappa shape index (κ1) is 17.3. The van der Waals surface area contributed by atoms with Gasteiger partial charge in [0.1, 0.15) is 17.3 Å². The summed E-state index contributed by atoms with van der Waals surface area (Å²) < 4.78 is 19.0. The van der Waals surface area contributed by atoms with Gasteiger partial charge in [0.25, 0.3) is 5.91 Å². The molecule has 1 amide bonds. The molecule has 7 heteroatoms. The number of nitrogens with zero attached hydrogens (tertiary/aromatic N) is 2. The minimum absolute atomic E-state index is 0.139. The van der Waals surface area contributed by atoms with Crippen LogP contribution in [0.4, 0.5) is 21.7 Å². The van der Waals surface area contributed by atoms with Crippen molar-refractivity contribution < 1.29 is 13.9 Å². The largest absolute Gasteiger partial charge is 0.495 e. The van der Waals surface area contributed by atoms with Gasteiger partial charge < -0.3 is 15.4 Å². The molecule has 0 atom stereocenters. The number of ether oxygens (including phenoxy) is 1. The second kappa shape index (κ2) is 7.60. The average molecular weight is 352 g/mol. The van der Waals surface area contributed by atoms with E-state index in [0.717, 1.165) is 0 Å². The van der Waals surface area contributed by atoms with Gasteiger partial charge in [0, 0.05) is 5.69 Å². The molecule has 0 aliphatic rings. The molecule has 26 heavy (non-hydrogen) atoms. The van der Waals surface area contributed by atoms with E-state index in [2.05, 4.69) is 20.6 Å². The number of aromatic nitrogens is 2. The van der Waals surface area contributed by atoms with Crippen LogP contribution in [-0.2, 0) is 0 Å². The standard InChI is InChI=1S/C19H17FN4O2/c1-12-11-16(18(25)22-15-9-5-6-10-17(15)26-2)24-19(21-12)23-14-8-4-3-7-13(14)20/h3-11H,1-2H3,(H,22,25)(H,21,23,24). The highest BCUT2D eigenvalue weighted by atomic mass is 19.1. The number of hydrogen-bond donors (Lipinski definition) is 2. The molecule has 0 fully saturated rings. The molecule has 0 saturated heterocycles. The van der Waals surface area contributed by atoms with E-state index in [9.17, 15) is 9.18 Å². The molecule has 2 N–H and O–H groups in total. The van der Waals surface area contributed by atoms with Crippen molar-refractivity contribution in [3.8, 4) is 5.75 Å². The van der Waals surface area contributed by atoms with E-state index in [1.54, 1.807) is 55.5 Å². The molecule has 6 nitrogen and oxygen atoms in total. The third-order valence-corrected chi connectivity index (χ3v) is 3.56. The van der Waals surface area contributed by atoms with Gasteiger partial charge in [-0.15, -0.1) is 0 Å². The van der Waals surface area contributed by atoms with E-state index in [1.807, 2.05) is 0 Å². The zero-order valence-corrected chi connectivity index (χ0v) is 14.3. The summed E-state index contributed by atoms with van der Waals surface area (Å²) in [5.74, 6) is -0.175. The van der Waals surface area contributed by atoms with Crippen LogP contribution < -0.4 is 15.4 Å². The van der Waals surface area contributed by atoms with Crippen molar-refractivity contribution in [1.29, 1.82) is 0 Å². The number of methoxy groups -OCH3 is 1. The van der Waals surface area contributed by atoms with Gasteiger partial charge >= 0.3 is 0 Å². The van der Waals surface area contributed by atoms with Gasteiger partial charge in [-0.2, -0.15) is 0 Å². The zero-order chi connectivity index (χ0) is 18.5. The number of benzene rings is 2. The molecule has 0 aliphatic heterocycles. The fourth-order valence-electron chi connectivity index (χ4n) is 2.36. The lowest BCUT2D eigenvalue weighted by Crippen LogP contribution is -2.16. The number of rotatable bonds is 5. The number of carbonyl (C=O) groups excluding carboxylic acids is 1. The maximum atomic E-state index is 13.8. The summed E-state index contributed by atoms with van der Waals surface area (Å²) in [6, 6.07) is 14.8. The molecule has 1 heterocycles. The highest BCUT2D eigenvalue weighted by Crippen LogP contribution is 2.24. The first-order valence-corrected chi connectivity index (χ1v) is 7.88. The van der Waals surface area contributed by atoms with Gasteiger partial charge in [0.2, 0.25) is 5.95 Å². The number of hydrogen-bond acceptors (Lipinski definition) is 5. The Hall–Kier alpha value is -3.48. The quantitative estimate of drug-likeness (QED) is 0.728. The topological polar surface area (TPSA) is 76.1 Å². The first-order chi connectivity index (χ1) is 12.6. The SMILES string of the molecule is COc1ccccc1NC(=O)c1cc(C)nc(Nc2ccccc2F)n1. The highest BCUT2D eigenvalue weighted by molar-refractivity contribution is 6.03. The summed E-state index contributed by atoms with van der Waals surface area (Å²) in [6.07, 6.45) is 0. The van der Waals surface area contributed by atoms with Crippen LogP contribution in [-0.4, -0.2) is 23.0 Å². The highest BCUT2D eigenvalue weighted by Gasteiger charge is 2.14. The first-order valence-electron chi connectivity index (χ1n) is 7.88. The summed E-state index contributed by atoms with van der Waals surface area (Å²) in [7, 11) is 1.52. The number of carbonyl (C=O) groups is 1. The molecular weight excluding hydrogens is 335 g/mol. The third-order valence-electron chi connectivity index (χ3n) is 3.56. The van der Waals surface area contributed by atoms with Gasteiger partial charge in [-0.1, -0.05) is 24.3 Å². The summed E-state index contributed by atoms with van der Waals surface area (Å²) in [4.78, 5) is 20.9. The average Bonchev–Trinajstić information content (AvgIpc) is 2.63. The lowest BCUT2D eigenvalue weighted by molar-refractivity contribution is 0.102. The molecule has 3 rings (SSSR count). The van der Waals surface area contributed by atoms with Crippen LogP contribution in [0.25, 0.3) is 0 Å². The summed E-state index contributed by atoms with van der Waals surface area (Å²) in [6.45, 7) is 1.73. The van der Waals surface area contributed by atoms with Gasteiger partial charge in [0.15, 0.2) is 0 Å². The van der Waals surface area contributed by atoms with Crippen molar-refractivity contribution in [2.45, 2.75) is 6.92 Å².